The maximum atomic E-state index is 5.57. The lowest BCUT2D eigenvalue weighted by Gasteiger charge is -2.08. The van der Waals surface area contributed by atoms with Crippen LogP contribution in [-0.4, -0.2) is 24.3 Å². The molecule has 2 rings (SSSR count). The predicted molar refractivity (Wildman–Crippen MR) is 80.4 cm³/mol. The van der Waals surface area contributed by atoms with E-state index in [2.05, 4.69) is 54.2 Å². The standard InChI is InChI=1S/C16H24N2O/c1-3-11-19-12-10-18-9-8-15-14(13-17-4-2)6-5-7-16(15)18/h5-9,17H,3-4,10-13H2,1-2H3. The number of rotatable bonds is 8. The van der Waals surface area contributed by atoms with E-state index >= 15 is 0 Å². The highest BCUT2D eigenvalue weighted by molar-refractivity contribution is 5.83. The number of fused-ring (bicyclic) bond motifs is 1. The Bertz CT molecular complexity index is 504. The summed E-state index contributed by atoms with van der Waals surface area (Å²) in [5.74, 6) is 0. The van der Waals surface area contributed by atoms with E-state index < -0.39 is 0 Å². The minimum Gasteiger partial charge on any atom is -0.380 e. The lowest BCUT2D eigenvalue weighted by molar-refractivity contribution is 0.127. The Balaban J connectivity index is 2.09. The van der Waals surface area contributed by atoms with E-state index in [1.54, 1.807) is 0 Å². The van der Waals surface area contributed by atoms with Crippen LogP contribution >= 0.6 is 0 Å². The molecule has 0 aliphatic heterocycles. The van der Waals surface area contributed by atoms with Crippen LogP contribution in [0, 0.1) is 0 Å². The Labute approximate surface area is 115 Å². The molecule has 0 radical (unpaired) electrons. The predicted octanol–water partition coefficient (Wildman–Crippen LogP) is 3.18. The first-order valence-corrected chi connectivity index (χ1v) is 7.22. The van der Waals surface area contributed by atoms with Crippen LogP contribution in [0.3, 0.4) is 0 Å². The second kappa shape index (κ2) is 7.31. The molecule has 0 atom stereocenters. The molecule has 0 saturated carbocycles. The highest BCUT2D eigenvalue weighted by Crippen LogP contribution is 2.20. The first-order valence-electron chi connectivity index (χ1n) is 7.22. The summed E-state index contributed by atoms with van der Waals surface area (Å²) in [6, 6.07) is 8.73. The van der Waals surface area contributed by atoms with Crippen molar-refractivity contribution >= 4 is 10.9 Å². The van der Waals surface area contributed by atoms with Gasteiger partial charge in [0.05, 0.1) is 6.61 Å². The van der Waals surface area contributed by atoms with Crippen LogP contribution in [0.4, 0.5) is 0 Å². The van der Waals surface area contributed by atoms with Crippen molar-refractivity contribution in [1.82, 2.24) is 9.88 Å². The molecular weight excluding hydrogens is 236 g/mol. The minimum absolute atomic E-state index is 0.787. The second-order valence-electron chi connectivity index (χ2n) is 4.75. The Morgan fingerprint density at radius 3 is 2.84 bits per heavy atom. The van der Waals surface area contributed by atoms with Gasteiger partial charge in [-0.05, 0) is 30.7 Å². The van der Waals surface area contributed by atoms with Crippen molar-refractivity contribution in [3.05, 3.63) is 36.0 Å². The van der Waals surface area contributed by atoms with E-state index in [-0.39, 0.29) is 0 Å². The van der Waals surface area contributed by atoms with Gasteiger partial charge in [0.25, 0.3) is 0 Å². The number of hydrogen-bond donors (Lipinski definition) is 1. The third-order valence-electron chi connectivity index (χ3n) is 3.29. The van der Waals surface area contributed by atoms with Gasteiger partial charge in [-0.25, -0.2) is 0 Å². The highest BCUT2D eigenvalue weighted by Gasteiger charge is 2.04. The molecule has 0 saturated heterocycles. The summed E-state index contributed by atoms with van der Waals surface area (Å²) in [6.07, 6.45) is 3.24. The molecule has 1 aromatic heterocycles. The molecule has 0 amide bonds. The van der Waals surface area contributed by atoms with Crippen molar-refractivity contribution in [3.63, 3.8) is 0 Å². The van der Waals surface area contributed by atoms with Gasteiger partial charge in [-0.1, -0.05) is 26.0 Å². The molecule has 1 aromatic carbocycles. The van der Waals surface area contributed by atoms with Gasteiger partial charge in [-0.15, -0.1) is 0 Å². The maximum Gasteiger partial charge on any atom is 0.0645 e. The van der Waals surface area contributed by atoms with E-state index in [4.69, 9.17) is 4.74 Å². The fourth-order valence-electron chi connectivity index (χ4n) is 2.31. The van der Waals surface area contributed by atoms with Gasteiger partial charge in [-0.2, -0.15) is 0 Å². The van der Waals surface area contributed by atoms with E-state index in [1.807, 2.05) is 0 Å². The van der Waals surface area contributed by atoms with Gasteiger partial charge >= 0.3 is 0 Å². The molecule has 0 spiro atoms. The molecule has 0 aliphatic rings. The normalized spacial score (nSPS) is 11.3. The number of nitrogens with one attached hydrogen (secondary N) is 1. The monoisotopic (exact) mass is 260 g/mol. The summed E-state index contributed by atoms with van der Waals surface area (Å²) in [7, 11) is 0. The Kier molecular flexibility index (Phi) is 5.43. The highest BCUT2D eigenvalue weighted by atomic mass is 16.5. The van der Waals surface area contributed by atoms with Crippen molar-refractivity contribution in [1.29, 1.82) is 0 Å². The summed E-state index contributed by atoms with van der Waals surface area (Å²) >= 11 is 0. The van der Waals surface area contributed by atoms with Crippen LogP contribution in [0.1, 0.15) is 25.8 Å². The number of aromatic nitrogens is 1. The Morgan fingerprint density at radius 1 is 1.16 bits per heavy atom. The first kappa shape index (κ1) is 14.1. The van der Waals surface area contributed by atoms with Gasteiger partial charge in [0.1, 0.15) is 0 Å². The SMILES string of the molecule is CCCOCCn1ccc2c(CNCC)cccc21. The maximum absolute atomic E-state index is 5.57. The number of benzene rings is 1. The quantitative estimate of drug-likeness (QED) is 0.738. The summed E-state index contributed by atoms with van der Waals surface area (Å²) in [6.45, 7) is 8.77. The van der Waals surface area contributed by atoms with Crippen molar-refractivity contribution in [2.24, 2.45) is 0 Å². The summed E-state index contributed by atoms with van der Waals surface area (Å²) in [5.41, 5.74) is 2.67. The number of hydrogen-bond acceptors (Lipinski definition) is 2. The van der Waals surface area contributed by atoms with Crippen LogP contribution in [-0.2, 0) is 17.8 Å². The molecule has 104 valence electrons. The van der Waals surface area contributed by atoms with Gasteiger partial charge in [0.2, 0.25) is 0 Å². The number of ether oxygens (including phenoxy) is 1. The van der Waals surface area contributed by atoms with Crippen molar-refractivity contribution in [2.75, 3.05) is 19.8 Å². The third-order valence-corrected chi connectivity index (χ3v) is 3.29. The van der Waals surface area contributed by atoms with E-state index in [0.717, 1.165) is 39.3 Å². The zero-order chi connectivity index (χ0) is 13.5. The van der Waals surface area contributed by atoms with Gasteiger partial charge < -0.3 is 14.6 Å². The van der Waals surface area contributed by atoms with E-state index in [1.165, 1.54) is 16.5 Å². The molecule has 1 heterocycles. The van der Waals surface area contributed by atoms with Crippen LogP contribution < -0.4 is 5.32 Å². The lowest BCUT2D eigenvalue weighted by Crippen LogP contribution is -2.11. The fourth-order valence-corrected chi connectivity index (χ4v) is 2.31. The van der Waals surface area contributed by atoms with Gasteiger partial charge in [-0.3, -0.25) is 0 Å². The van der Waals surface area contributed by atoms with Crippen LogP contribution in [0.25, 0.3) is 10.9 Å². The van der Waals surface area contributed by atoms with E-state index in [9.17, 15) is 0 Å². The molecule has 0 bridgehead atoms. The average molecular weight is 260 g/mol. The minimum atomic E-state index is 0.787. The van der Waals surface area contributed by atoms with Crippen LogP contribution in [0.15, 0.2) is 30.5 Å². The molecule has 0 aliphatic carbocycles. The molecule has 1 N–H and O–H groups in total. The Hall–Kier alpha value is -1.32. The van der Waals surface area contributed by atoms with Crippen molar-refractivity contribution in [3.8, 4) is 0 Å². The largest absolute Gasteiger partial charge is 0.380 e. The molecule has 2 aromatic rings. The van der Waals surface area contributed by atoms with Crippen LogP contribution in [0.2, 0.25) is 0 Å². The summed E-state index contributed by atoms with van der Waals surface area (Å²) in [4.78, 5) is 0. The first-order chi connectivity index (χ1) is 9.36. The molecule has 19 heavy (non-hydrogen) atoms. The van der Waals surface area contributed by atoms with Crippen molar-refractivity contribution < 1.29 is 4.74 Å². The van der Waals surface area contributed by atoms with Crippen molar-refractivity contribution in [2.45, 2.75) is 33.4 Å². The summed E-state index contributed by atoms with van der Waals surface area (Å²) < 4.78 is 7.85. The lowest BCUT2D eigenvalue weighted by atomic mass is 10.1. The molecular formula is C16H24N2O. The van der Waals surface area contributed by atoms with Gasteiger partial charge in [0.15, 0.2) is 0 Å². The summed E-state index contributed by atoms with van der Waals surface area (Å²) in [5, 5.41) is 4.74. The molecule has 0 fully saturated rings. The zero-order valence-corrected chi connectivity index (χ0v) is 12.0. The second-order valence-corrected chi connectivity index (χ2v) is 4.75. The third kappa shape index (κ3) is 3.58. The van der Waals surface area contributed by atoms with Crippen LogP contribution in [0.5, 0.6) is 0 Å². The zero-order valence-electron chi connectivity index (χ0n) is 12.0. The van der Waals surface area contributed by atoms with Gasteiger partial charge in [0, 0.05) is 36.8 Å². The molecule has 0 unspecified atom stereocenters. The Morgan fingerprint density at radius 2 is 2.05 bits per heavy atom. The fraction of sp³-hybridized carbons (Fsp3) is 0.500. The topological polar surface area (TPSA) is 26.2 Å². The average Bonchev–Trinajstić information content (AvgIpc) is 2.85. The smallest absolute Gasteiger partial charge is 0.0645 e. The molecule has 3 nitrogen and oxygen atoms in total. The number of nitrogens with zero attached hydrogens (tertiary/aromatic N) is 1. The van der Waals surface area contributed by atoms with E-state index in [0.29, 0.717) is 0 Å². The molecule has 3 heteroatoms.